The average Bonchev–Trinajstić information content (AvgIpc) is 2.41. The molecule has 0 N–H and O–H groups in total. The lowest BCUT2D eigenvalue weighted by Crippen LogP contribution is -2.49. The first-order valence-electron chi connectivity index (χ1n) is 6.97. The van der Waals surface area contributed by atoms with Crippen molar-refractivity contribution in [3.05, 3.63) is 28.2 Å². The normalized spacial score (nSPS) is 16.8. The second-order valence-corrected chi connectivity index (χ2v) is 7.02. The molecule has 1 aromatic rings. The van der Waals surface area contributed by atoms with E-state index in [1.54, 1.807) is 0 Å². The zero-order valence-electron chi connectivity index (χ0n) is 12.0. The molecule has 0 bridgehead atoms. The fraction of sp³-hybridized carbons (Fsp3) is 0.533. The van der Waals surface area contributed by atoms with E-state index in [2.05, 4.69) is 47.3 Å². The summed E-state index contributed by atoms with van der Waals surface area (Å²) in [6.45, 7) is 9.09. The van der Waals surface area contributed by atoms with Crippen LogP contribution in [-0.4, -0.2) is 48.4 Å². The minimum atomic E-state index is 0.0944. The molecule has 0 spiro atoms. The number of piperazine rings is 1. The largest absolute Gasteiger partial charge is 0.336 e. The third-order valence-electron chi connectivity index (χ3n) is 3.46. The van der Waals surface area contributed by atoms with Crippen LogP contribution in [0.1, 0.15) is 24.2 Å². The smallest absolute Gasteiger partial charge is 0.255 e. The molecule has 0 radical (unpaired) electrons. The van der Waals surface area contributed by atoms with E-state index in [0.29, 0.717) is 11.5 Å². The van der Waals surface area contributed by atoms with E-state index in [-0.39, 0.29) is 5.91 Å². The number of benzene rings is 1. The SMILES string of the molecule is CC(C)CN1CCN(C(=O)c2cc(S)ccc2Br)CC1. The Kier molecular flexibility index (Phi) is 5.52. The number of hydrogen-bond acceptors (Lipinski definition) is 3. The van der Waals surface area contributed by atoms with Crippen LogP contribution in [0.2, 0.25) is 0 Å². The van der Waals surface area contributed by atoms with Gasteiger partial charge >= 0.3 is 0 Å². The number of halogens is 1. The van der Waals surface area contributed by atoms with Crippen molar-refractivity contribution < 1.29 is 4.79 Å². The molecule has 110 valence electrons. The van der Waals surface area contributed by atoms with Gasteiger partial charge in [0.25, 0.3) is 5.91 Å². The van der Waals surface area contributed by atoms with Gasteiger partial charge in [-0.05, 0) is 40.0 Å². The van der Waals surface area contributed by atoms with Gasteiger partial charge in [0, 0.05) is 42.1 Å². The van der Waals surface area contributed by atoms with Gasteiger partial charge in [-0.2, -0.15) is 0 Å². The van der Waals surface area contributed by atoms with Crippen molar-refractivity contribution in [1.29, 1.82) is 0 Å². The summed E-state index contributed by atoms with van der Waals surface area (Å²) in [7, 11) is 0. The molecule has 0 unspecified atom stereocenters. The topological polar surface area (TPSA) is 23.6 Å². The third-order valence-corrected chi connectivity index (χ3v) is 4.43. The lowest BCUT2D eigenvalue weighted by Gasteiger charge is -2.35. The first-order valence-corrected chi connectivity index (χ1v) is 8.21. The summed E-state index contributed by atoms with van der Waals surface area (Å²) in [5.74, 6) is 0.768. The monoisotopic (exact) mass is 356 g/mol. The Bertz CT molecular complexity index is 485. The molecule has 2 rings (SSSR count). The van der Waals surface area contributed by atoms with E-state index < -0.39 is 0 Å². The van der Waals surface area contributed by atoms with Crippen molar-refractivity contribution in [2.24, 2.45) is 5.92 Å². The number of rotatable bonds is 3. The standard InChI is InChI=1S/C15H21BrN2OS/c1-11(2)10-17-5-7-18(8-6-17)15(19)13-9-12(20)3-4-14(13)16/h3-4,9,11,20H,5-8,10H2,1-2H3. The van der Waals surface area contributed by atoms with Crippen molar-refractivity contribution >= 4 is 34.5 Å². The highest BCUT2D eigenvalue weighted by Gasteiger charge is 2.23. The van der Waals surface area contributed by atoms with Gasteiger partial charge in [0.2, 0.25) is 0 Å². The van der Waals surface area contributed by atoms with E-state index in [0.717, 1.165) is 42.1 Å². The van der Waals surface area contributed by atoms with Crippen molar-refractivity contribution in [1.82, 2.24) is 9.80 Å². The van der Waals surface area contributed by atoms with Gasteiger partial charge in [0.05, 0.1) is 5.56 Å². The summed E-state index contributed by atoms with van der Waals surface area (Å²) in [6, 6.07) is 5.59. The Morgan fingerprint density at radius 2 is 1.95 bits per heavy atom. The Morgan fingerprint density at radius 1 is 1.30 bits per heavy atom. The van der Waals surface area contributed by atoms with Crippen LogP contribution in [0.15, 0.2) is 27.6 Å². The van der Waals surface area contributed by atoms with Crippen LogP contribution in [-0.2, 0) is 0 Å². The maximum absolute atomic E-state index is 12.5. The van der Waals surface area contributed by atoms with Gasteiger partial charge in [-0.25, -0.2) is 0 Å². The van der Waals surface area contributed by atoms with E-state index in [1.807, 2.05) is 23.1 Å². The molecule has 0 aliphatic carbocycles. The predicted molar refractivity (Wildman–Crippen MR) is 88.6 cm³/mol. The van der Waals surface area contributed by atoms with Crippen molar-refractivity contribution in [2.45, 2.75) is 18.7 Å². The minimum absolute atomic E-state index is 0.0944. The highest BCUT2D eigenvalue weighted by atomic mass is 79.9. The Hall–Kier alpha value is -0.520. The number of nitrogens with zero attached hydrogens (tertiary/aromatic N) is 2. The van der Waals surface area contributed by atoms with Crippen molar-refractivity contribution in [3.8, 4) is 0 Å². The van der Waals surface area contributed by atoms with Gasteiger partial charge in [-0.1, -0.05) is 13.8 Å². The molecule has 1 aliphatic heterocycles. The molecular formula is C15H21BrN2OS. The molecule has 0 saturated carbocycles. The van der Waals surface area contributed by atoms with Gasteiger partial charge in [0.15, 0.2) is 0 Å². The summed E-state index contributed by atoms with van der Waals surface area (Å²) in [4.78, 5) is 17.7. The Morgan fingerprint density at radius 3 is 2.55 bits per heavy atom. The van der Waals surface area contributed by atoms with E-state index in [1.165, 1.54) is 0 Å². The van der Waals surface area contributed by atoms with Crippen molar-refractivity contribution in [2.75, 3.05) is 32.7 Å². The van der Waals surface area contributed by atoms with Crippen molar-refractivity contribution in [3.63, 3.8) is 0 Å². The van der Waals surface area contributed by atoms with Gasteiger partial charge in [-0.3, -0.25) is 9.69 Å². The number of carbonyl (C=O) groups excluding carboxylic acids is 1. The molecule has 0 atom stereocenters. The molecule has 20 heavy (non-hydrogen) atoms. The quantitative estimate of drug-likeness (QED) is 0.841. The van der Waals surface area contributed by atoms with Crippen LogP contribution in [0.25, 0.3) is 0 Å². The fourth-order valence-electron chi connectivity index (χ4n) is 2.50. The van der Waals surface area contributed by atoms with E-state index in [4.69, 9.17) is 0 Å². The molecule has 1 aromatic carbocycles. The third kappa shape index (κ3) is 3.99. The first-order chi connectivity index (χ1) is 9.47. The Labute approximate surface area is 134 Å². The second kappa shape index (κ2) is 6.96. The molecule has 0 aromatic heterocycles. The zero-order chi connectivity index (χ0) is 14.7. The molecule has 1 fully saturated rings. The predicted octanol–water partition coefficient (Wildman–Crippen LogP) is 3.15. The number of amides is 1. The molecule has 1 heterocycles. The molecule has 3 nitrogen and oxygen atoms in total. The first kappa shape index (κ1) is 15.9. The molecular weight excluding hydrogens is 336 g/mol. The molecule has 1 saturated heterocycles. The van der Waals surface area contributed by atoms with Crippen LogP contribution in [0, 0.1) is 5.92 Å². The highest BCUT2D eigenvalue weighted by molar-refractivity contribution is 9.10. The summed E-state index contributed by atoms with van der Waals surface area (Å²) < 4.78 is 0.838. The maximum atomic E-state index is 12.5. The van der Waals surface area contributed by atoms with E-state index in [9.17, 15) is 4.79 Å². The van der Waals surface area contributed by atoms with Gasteiger partial charge in [0.1, 0.15) is 0 Å². The summed E-state index contributed by atoms with van der Waals surface area (Å²) in [6.07, 6.45) is 0. The second-order valence-electron chi connectivity index (χ2n) is 5.65. The van der Waals surface area contributed by atoms with Gasteiger partial charge in [-0.15, -0.1) is 12.6 Å². The van der Waals surface area contributed by atoms with Crippen LogP contribution in [0.3, 0.4) is 0 Å². The summed E-state index contributed by atoms with van der Waals surface area (Å²) >= 11 is 7.76. The minimum Gasteiger partial charge on any atom is -0.336 e. The lowest BCUT2D eigenvalue weighted by atomic mass is 10.1. The number of thiol groups is 1. The lowest BCUT2D eigenvalue weighted by molar-refractivity contribution is 0.0622. The van der Waals surface area contributed by atoms with Gasteiger partial charge < -0.3 is 4.90 Å². The van der Waals surface area contributed by atoms with Crippen LogP contribution >= 0.6 is 28.6 Å². The van der Waals surface area contributed by atoms with Crippen LogP contribution in [0.4, 0.5) is 0 Å². The number of carbonyl (C=O) groups is 1. The molecule has 1 amide bonds. The summed E-state index contributed by atoms with van der Waals surface area (Å²) in [5.41, 5.74) is 0.704. The molecule has 1 aliphatic rings. The van der Waals surface area contributed by atoms with Crippen LogP contribution < -0.4 is 0 Å². The molecule has 5 heteroatoms. The Balaban J connectivity index is 2.00. The maximum Gasteiger partial charge on any atom is 0.255 e. The highest BCUT2D eigenvalue weighted by Crippen LogP contribution is 2.22. The zero-order valence-corrected chi connectivity index (χ0v) is 14.5. The average molecular weight is 357 g/mol. The summed E-state index contributed by atoms with van der Waals surface area (Å²) in [5, 5.41) is 0. The van der Waals surface area contributed by atoms with Crippen LogP contribution in [0.5, 0.6) is 0 Å². The van der Waals surface area contributed by atoms with E-state index >= 15 is 0 Å². The fourth-order valence-corrected chi connectivity index (χ4v) is 3.12. The number of hydrogen-bond donors (Lipinski definition) is 1.